The summed E-state index contributed by atoms with van der Waals surface area (Å²) in [6.07, 6.45) is 2.90. The van der Waals surface area contributed by atoms with E-state index in [-0.39, 0.29) is 37.0 Å². The number of amides is 2. The number of hydrogen-bond donors (Lipinski definition) is 0. The largest absolute Gasteiger partial charge is 0.375 e. The highest BCUT2D eigenvalue weighted by Gasteiger charge is 2.26. The van der Waals surface area contributed by atoms with E-state index in [0.29, 0.717) is 6.54 Å². The van der Waals surface area contributed by atoms with Crippen LogP contribution in [0.4, 0.5) is 0 Å². The van der Waals surface area contributed by atoms with E-state index >= 15 is 0 Å². The third-order valence-corrected chi connectivity index (χ3v) is 5.82. The van der Waals surface area contributed by atoms with Gasteiger partial charge in [0.2, 0.25) is 11.8 Å². The van der Waals surface area contributed by atoms with Gasteiger partial charge in [0.1, 0.15) is 13.2 Å². The van der Waals surface area contributed by atoms with Crippen molar-refractivity contribution in [1.29, 1.82) is 0 Å². The second kappa shape index (κ2) is 11.7. The highest BCUT2D eigenvalue weighted by molar-refractivity contribution is 5.85. The first-order valence-corrected chi connectivity index (χ1v) is 11.0. The Labute approximate surface area is 186 Å². The lowest BCUT2D eigenvalue weighted by Crippen LogP contribution is -2.49. The van der Waals surface area contributed by atoms with Crippen molar-refractivity contribution in [1.82, 2.24) is 14.4 Å². The van der Waals surface area contributed by atoms with Gasteiger partial charge in [0.25, 0.3) is 0 Å². The van der Waals surface area contributed by atoms with E-state index in [2.05, 4.69) is 55.8 Å². The molecule has 1 aromatic carbocycles. The lowest BCUT2D eigenvalue weighted by Gasteiger charge is -2.33. The van der Waals surface area contributed by atoms with Gasteiger partial charge >= 0.3 is 0 Å². The van der Waals surface area contributed by atoms with Crippen LogP contribution in [0.3, 0.4) is 0 Å². The summed E-state index contributed by atoms with van der Waals surface area (Å²) in [7, 11) is 1.49. The fourth-order valence-corrected chi connectivity index (χ4v) is 3.60. The fraction of sp³-hybridized carbons (Fsp3) is 0.520. The molecule has 0 aliphatic rings. The van der Waals surface area contributed by atoms with E-state index in [9.17, 15) is 9.59 Å². The minimum absolute atomic E-state index is 0.0198. The van der Waals surface area contributed by atoms with Gasteiger partial charge in [0.05, 0.1) is 6.54 Å². The first-order chi connectivity index (χ1) is 14.8. The molecule has 0 saturated heterocycles. The second-order valence-corrected chi connectivity index (χ2v) is 8.38. The predicted molar refractivity (Wildman–Crippen MR) is 124 cm³/mol. The Morgan fingerprint density at radius 1 is 1.03 bits per heavy atom. The van der Waals surface area contributed by atoms with E-state index in [1.54, 1.807) is 4.90 Å². The lowest BCUT2D eigenvalue weighted by molar-refractivity contribution is -0.145. The fourth-order valence-electron chi connectivity index (χ4n) is 3.60. The molecule has 0 bridgehead atoms. The minimum Gasteiger partial charge on any atom is -0.375 e. The molecule has 0 aliphatic carbocycles. The van der Waals surface area contributed by atoms with E-state index < -0.39 is 0 Å². The molecule has 1 heterocycles. The first kappa shape index (κ1) is 24.7. The third kappa shape index (κ3) is 6.69. The second-order valence-electron chi connectivity index (χ2n) is 8.38. The lowest BCUT2D eigenvalue weighted by atomic mass is 10.1. The molecule has 1 aromatic heterocycles. The van der Waals surface area contributed by atoms with Crippen molar-refractivity contribution < 1.29 is 14.3 Å². The summed E-state index contributed by atoms with van der Waals surface area (Å²) in [5.74, 6) is -0.214. The zero-order valence-corrected chi connectivity index (χ0v) is 19.8. The van der Waals surface area contributed by atoms with Crippen molar-refractivity contribution in [3.63, 3.8) is 0 Å². The van der Waals surface area contributed by atoms with Crippen LogP contribution in [-0.4, -0.2) is 58.5 Å². The Hall–Kier alpha value is -2.60. The molecule has 0 radical (unpaired) electrons. The van der Waals surface area contributed by atoms with Crippen LogP contribution in [0, 0.1) is 6.92 Å². The molecule has 0 fully saturated rings. The number of aryl methyl sites for hydroxylation is 1. The monoisotopic (exact) mass is 427 g/mol. The van der Waals surface area contributed by atoms with Crippen molar-refractivity contribution in [3.05, 3.63) is 59.4 Å². The van der Waals surface area contributed by atoms with Crippen molar-refractivity contribution in [2.24, 2.45) is 0 Å². The van der Waals surface area contributed by atoms with Crippen molar-refractivity contribution in [2.75, 3.05) is 20.3 Å². The van der Waals surface area contributed by atoms with Crippen LogP contribution in [0.5, 0.6) is 0 Å². The molecule has 6 nitrogen and oxygen atoms in total. The summed E-state index contributed by atoms with van der Waals surface area (Å²) in [5.41, 5.74) is 3.59. The van der Waals surface area contributed by atoms with Gasteiger partial charge in [-0.2, -0.15) is 0 Å². The molecular formula is C25H37N3O3. The summed E-state index contributed by atoms with van der Waals surface area (Å²) in [5, 5.41) is 0. The van der Waals surface area contributed by atoms with Crippen LogP contribution in [0.25, 0.3) is 0 Å². The van der Waals surface area contributed by atoms with Crippen molar-refractivity contribution in [2.45, 2.75) is 66.2 Å². The molecule has 0 spiro atoms. The quantitative estimate of drug-likeness (QED) is 0.547. The Morgan fingerprint density at radius 2 is 1.74 bits per heavy atom. The normalized spacial score (nSPS) is 12.1. The molecule has 2 rings (SSSR count). The highest BCUT2D eigenvalue weighted by atomic mass is 16.5. The van der Waals surface area contributed by atoms with Crippen molar-refractivity contribution >= 4 is 11.8 Å². The van der Waals surface area contributed by atoms with E-state index in [1.165, 1.54) is 18.2 Å². The van der Waals surface area contributed by atoms with Gasteiger partial charge in [-0.3, -0.25) is 9.59 Å². The van der Waals surface area contributed by atoms with Gasteiger partial charge in [-0.25, -0.2) is 0 Å². The molecule has 1 atom stereocenters. The molecule has 6 heteroatoms. The van der Waals surface area contributed by atoms with E-state index in [1.807, 2.05) is 30.9 Å². The number of methoxy groups -OCH3 is 1. The number of carbonyl (C=O) groups is 2. The summed E-state index contributed by atoms with van der Waals surface area (Å²) >= 11 is 0. The smallest absolute Gasteiger partial charge is 0.249 e. The summed E-state index contributed by atoms with van der Waals surface area (Å²) in [4.78, 5) is 29.2. The molecule has 2 amide bonds. The molecule has 0 aliphatic heterocycles. The van der Waals surface area contributed by atoms with Crippen LogP contribution in [0.1, 0.15) is 50.9 Å². The van der Waals surface area contributed by atoms with Gasteiger partial charge in [0, 0.05) is 37.6 Å². The third-order valence-electron chi connectivity index (χ3n) is 5.82. The Balaban J connectivity index is 2.20. The zero-order valence-electron chi connectivity index (χ0n) is 19.8. The number of carbonyl (C=O) groups excluding carboxylic acids is 2. The van der Waals surface area contributed by atoms with E-state index in [0.717, 1.165) is 18.7 Å². The van der Waals surface area contributed by atoms with Crippen LogP contribution in [-0.2, 0) is 27.4 Å². The average Bonchev–Trinajstić information content (AvgIpc) is 3.17. The molecule has 0 saturated carbocycles. The number of nitrogens with zero attached hydrogens (tertiary/aromatic N) is 3. The highest BCUT2D eigenvalue weighted by Crippen LogP contribution is 2.16. The maximum absolute atomic E-state index is 13.3. The Kier molecular flexibility index (Phi) is 9.31. The van der Waals surface area contributed by atoms with Gasteiger partial charge in [-0.05, 0) is 57.4 Å². The van der Waals surface area contributed by atoms with Crippen LogP contribution in [0.15, 0.2) is 42.6 Å². The van der Waals surface area contributed by atoms with E-state index in [4.69, 9.17) is 4.74 Å². The molecule has 1 unspecified atom stereocenters. The van der Waals surface area contributed by atoms with Crippen LogP contribution < -0.4 is 0 Å². The van der Waals surface area contributed by atoms with Gasteiger partial charge in [-0.1, -0.05) is 31.2 Å². The summed E-state index contributed by atoms with van der Waals surface area (Å²) in [6.45, 7) is 11.4. The summed E-state index contributed by atoms with van der Waals surface area (Å²) in [6, 6.07) is 12.4. The number of ether oxygens (including phenoxy) is 1. The molecule has 170 valence electrons. The summed E-state index contributed by atoms with van der Waals surface area (Å²) < 4.78 is 7.19. The number of hydrogen-bond acceptors (Lipinski definition) is 3. The number of aromatic nitrogens is 1. The topological polar surface area (TPSA) is 54.8 Å². The maximum Gasteiger partial charge on any atom is 0.249 e. The molecule has 0 N–H and O–H groups in total. The molecule has 2 aromatic rings. The Morgan fingerprint density at radius 3 is 2.35 bits per heavy atom. The number of benzene rings is 1. The van der Waals surface area contributed by atoms with Crippen LogP contribution in [0.2, 0.25) is 0 Å². The Bertz CT molecular complexity index is 859. The van der Waals surface area contributed by atoms with Gasteiger partial charge in [-0.15, -0.1) is 0 Å². The number of rotatable bonds is 11. The predicted octanol–water partition coefficient (Wildman–Crippen LogP) is 3.86. The zero-order chi connectivity index (χ0) is 23.0. The SMILES string of the molecule is CCC(C)N(Cc1cccn1Cc1ccccc1C)C(=O)CN(C(=O)COC)C(C)C. The minimum atomic E-state index is -0.169. The van der Waals surface area contributed by atoms with Crippen molar-refractivity contribution in [3.8, 4) is 0 Å². The standard InChI is InChI=1S/C25H37N3O3/c1-7-21(5)28(24(29)17-27(19(2)3)25(30)18-31-6)16-23-13-10-14-26(23)15-22-12-9-8-11-20(22)4/h8-14,19,21H,7,15-18H2,1-6H3. The molecule has 31 heavy (non-hydrogen) atoms. The maximum atomic E-state index is 13.3. The first-order valence-electron chi connectivity index (χ1n) is 11.0. The van der Waals surface area contributed by atoms with Gasteiger partial charge < -0.3 is 19.1 Å². The van der Waals surface area contributed by atoms with Crippen LogP contribution >= 0.6 is 0 Å². The molecular weight excluding hydrogens is 390 g/mol. The average molecular weight is 428 g/mol. The van der Waals surface area contributed by atoms with Gasteiger partial charge in [0.15, 0.2) is 0 Å².